The molecule has 98 valence electrons. The Balaban J connectivity index is 1.91. The lowest BCUT2D eigenvalue weighted by atomic mass is 10.1. The first kappa shape index (κ1) is 12.2. The lowest BCUT2D eigenvalue weighted by Crippen LogP contribution is -2.31. The van der Waals surface area contributed by atoms with Crippen LogP contribution in [0.2, 0.25) is 5.28 Å². The summed E-state index contributed by atoms with van der Waals surface area (Å²) in [7, 11) is 0. The zero-order valence-corrected chi connectivity index (χ0v) is 11.2. The molecule has 0 radical (unpaired) electrons. The summed E-state index contributed by atoms with van der Waals surface area (Å²) in [6, 6.07) is 5.79. The molecular formula is C13H13ClN4O. The summed E-state index contributed by atoms with van der Waals surface area (Å²) in [6.07, 6.45) is 1.91. The number of aromatic nitrogens is 2. The highest BCUT2D eigenvalue weighted by Crippen LogP contribution is 2.29. The summed E-state index contributed by atoms with van der Waals surface area (Å²) >= 11 is 5.88. The Morgan fingerprint density at radius 1 is 1.37 bits per heavy atom. The van der Waals surface area contributed by atoms with Crippen molar-refractivity contribution in [1.29, 1.82) is 0 Å². The quantitative estimate of drug-likeness (QED) is 0.667. The second kappa shape index (κ2) is 4.66. The van der Waals surface area contributed by atoms with Crippen LogP contribution in [0.4, 0.5) is 5.82 Å². The van der Waals surface area contributed by atoms with E-state index in [2.05, 4.69) is 20.8 Å². The van der Waals surface area contributed by atoms with E-state index in [0.29, 0.717) is 5.82 Å². The van der Waals surface area contributed by atoms with Gasteiger partial charge < -0.3 is 0 Å². The molecule has 3 rings (SSSR count). The van der Waals surface area contributed by atoms with Crippen LogP contribution in [0.15, 0.2) is 18.2 Å². The van der Waals surface area contributed by atoms with Crippen LogP contribution < -0.4 is 10.9 Å². The van der Waals surface area contributed by atoms with Crippen LogP contribution in [0.3, 0.4) is 0 Å². The van der Waals surface area contributed by atoms with E-state index in [1.807, 2.05) is 25.1 Å². The molecule has 1 saturated carbocycles. The van der Waals surface area contributed by atoms with E-state index in [1.165, 1.54) is 0 Å². The van der Waals surface area contributed by atoms with Crippen molar-refractivity contribution >= 4 is 34.2 Å². The van der Waals surface area contributed by atoms with E-state index in [4.69, 9.17) is 11.6 Å². The first-order chi connectivity index (χ1) is 9.13. The highest BCUT2D eigenvalue weighted by atomic mass is 35.5. The van der Waals surface area contributed by atoms with E-state index < -0.39 is 0 Å². The third-order valence-electron chi connectivity index (χ3n) is 3.08. The molecule has 1 amide bonds. The molecule has 1 fully saturated rings. The summed E-state index contributed by atoms with van der Waals surface area (Å²) in [6.45, 7) is 1.99. The van der Waals surface area contributed by atoms with Crippen LogP contribution in [0.25, 0.3) is 10.9 Å². The molecule has 6 heteroatoms. The number of carbonyl (C=O) groups is 1. The minimum absolute atomic E-state index is 0.00413. The van der Waals surface area contributed by atoms with Crippen molar-refractivity contribution < 1.29 is 4.79 Å². The number of aryl methyl sites for hydroxylation is 1. The predicted octanol–water partition coefficient (Wildman–Crippen LogP) is 2.44. The fourth-order valence-corrected chi connectivity index (χ4v) is 2.05. The van der Waals surface area contributed by atoms with Crippen molar-refractivity contribution in [3.63, 3.8) is 0 Å². The zero-order chi connectivity index (χ0) is 13.4. The van der Waals surface area contributed by atoms with Crippen molar-refractivity contribution in [3.05, 3.63) is 29.0 Å². The van der Waals surface area contributed by atoms with Crippen molar-refractivity contribution in [1.82, 2.24) is 15.4 Å². The van der Waals surface area contributed by atoms with Gasteiger partial charge in [-0.05, 0) is 43.5 Å². The standard InChI is InChI=1S/C13H13ClN4O/c1-7-2-5-10-9(6-7)11(16-13(14)15-10)17-18-12(19)8-3-4-8/h2,5-6,8H,3-4H2,1H3,(H,18,19)(H,15,16,17). The van der Waals surface area contributed by atoms with Gasteiger partial charge in [-0.25, -0.2) is 4.98 Å². The van der Waals surface area contributed by atoms with Crippen molar-refractivity contribution in [2.45, 2.75) is 19.8 Å². The van der Waals surface area contributed by atoms with Crippen molar-refractivity contribution in [3.8, 4) is 0 Å². The number of halogens is 1. The monoisotopic (exact) mass is 276 g/mol. The molecule has 0 saturated heterocycles. The third-order valence-corrected chi connectivity index (χ3v) is 3.25. The molecule has 0 unspecified atom stereocenters. The number of hydrazine groups is 1. The lowest BCUT2D eigenvalue weighted by Gasteiger charge is -2.10. The number of carbonyl (C=O) groups excluding carboxylic acids is 1. The Morgan fingerprint density at radius 3 is 2.89 bits per heavy atom. The number of fused-ring (bicyclic) bond motifs is 1. The van der Waals surface area contributed by atoms with Crippen molar-refractivity contribution in [2.24, 2.45) is 5.92 Å². The predicted molar refractivity (Wildman–Crippen MR) is 73.8 cm³/mol. The minimum atomic E-state index is -0.00413. The summed E-state index contributed by atoms with van der Waals surface area (Å²) in [5.74, 6) is 0.654. The summed E-state index contributed by atoms with van der Waals surface area (Å²) in [5, 5.41) is 0.986. The Hall–Kier alpha value is -1.88. The van der Waals surface area contributed by atoms with Crippen LogP contribution >= 0.6 is 11.6 Å². The highest BCUT2D eigenvalue weighted by molar-refractivity contribution is 6.28. The number of nitrogens with one attached hydrogen (secondary N) is 2. The van der Waals surface area contributed by atoms with Gasteiger partial charge >= 0.3 is 0 Å². The number of anilines is 1. The van der Waals surface area contributed by atoms with E-state index in [-0.39, 0.29) is 17.1 Å². The van der Waals surface area contributed by atoms with Gasteiger partial charge in [0.2, 0.25) is 11.2 Å². The number of benzene rings is 1. The average molecular weight is 277 g/mol. The number of rotatable bonds is 3. The van der Waals surface area contributed by atoms with E-state index in [0.717, 1.165) is 29.3 Å². The highest BCUT2D eigenvalue weighted by Gasteiger charge is 2.29. The van der Waals surface area contributed by atoms with Crippen LogP contribution in [-0.2, 0) is 4.79 Å². The molecule has 1 aromatic heterocycles. The van der Waals surface area contributed by atoms with E-state index >= 15 is 0 Å². The molecule has 0 atom stereocenters. The molecule has 0 spiro atoms. The molecule has 0 aliphatic heterocycles. The lowest BCUT2D eigenvalue weighted by molar-refractivity contribution is -0.121. The van der Waals surface area contributed by atoms with Crippen LogP contribution in [0.1, 0.15) is 18.4 Å². The zero-order valence-electron chi connectivity index (χ0n) is 10.4. The van der Waals surface area contributed by atoms with E-state index in [9.17, 15) is 4.79 Å². The van der Waals surface area contributed by atoms with Gasteiger partial charge in [0.05, 0.1) is 5.52 Å². The van der Waals surface area contributed by atoms with Gasteiger partial charge in [0.25, 0.3) is 0 Å². The van der Waals surface area contributed by atoms with Gasteiger partial charge in [-0.3, -0.25) is 15.6 Å². The molecule has 1 aromatic carbocycles. The van der Waals surface area contributed by atoms with Crippen molar-refractivity contribution in [2.75, 3.05) is 5.43 Å². The Morgan fingerprint density at radius 2 is 2.16 bits per heavy atom. The summed E-state index contributed by atoms with van der Waals surface area (Å²) < 4.78 is 0. The molecule has 0 bridgehead atoms. The summed E-state index contributed by atoms with van der Waals surface area (Å²) in [5.41, 5.74) is 7.34. The Bertz CT molecular complexity index is 654. The number of hydrogen-bond donors (Lipinski definition) is 2. The first-order valence-electron chi connectivity index (χ1n) is 6.13. The molecule has 1 heterocycles. The Kier molecular flexibility index (Phi) is 2.98. The maximum atomic E-state index is 11.6. The van der Waals surface area contributed by atoms with Gasteiger partial charge in [-0.15, -0.1) is 0 Å². The number of amides is 1. The first-order valence-corrected chi connectivity index (χ1v) is 6.51. The normalized spacial score (nSPS) is 14.4. The molecule has 2 aromatic rings. The molecule has 1 aliphatic carbocycles. The van der Waals surface area contributed by atoms with Gasteiger partial charge in [0.15, 0.2) is 5.82 Å². The van der Waals surface area contributed by atoms with Crippen LogP contribution in [0, 0.1) is 12.8 Å². The fourth-order valence-electron chi connectivity index (χ4n) is 1.88. The second-order valence-electron chi connectivity index (χ2n) is 4.75. The largest absolute Gasteiger partial charge is 0.281 e. The third kappa shape index (κ3) is 2.61. The molecule has 19 heavy (non-hydrogen) atoms. The molecular weight excluding hydrogens is 264 g/mol. The molecule has 2 N–H and O–H groups in total. The van der Waals surface area contributed by atoms with E-state index in [1.54, 1.807) is 0 Å². The van der Waals surface area contributed by atoms with Gasteiger partial charge in [-0.1, -0.05) is 11.6 Å². The topological polar surface area (TPSA) is 66.9 Å². The number of nitrogens with zero attached hydrogens (tertiary/aromatic N) is 2. The SMILES string of the molecule is Cc1ccc2nc(Cl)nc(NNC(=O)C3CC3)c2c1. The Labute approximate surface area is 115 Å². The fraction of sp³-hybridized carbons (Fsp3) is 0.308. The minimum Gasteiger partial charge on any atom is -0.281 e. The second-order valence-corrected chi connectivity index (χ2v) is 5.09. The van der Waals surface area contributed by atoms with Gasteiger partial charge in [-0.2, -0.15) is 4.98 Å². The van der Waals surface area contributed by atoms with Gasteiger partial charge in [0.1, 0.15) is 0 Å². The number of hydrogen-bond acceptors (Lipinski definition) is 4. The van der Waals surface area contributed by atoms with Gasteiger partial charge in [0, 0.05) is 11.3 Å². The molecule has 5 nitrogen and oxygen atoms in total. The smallest absolute Gasteiger partial charge is 0.241 e. The maximum Gasteiger partial charge on any atom is 0.241 e. The van der Waals surface area contributed by atoms with Crippen LogP contribution in [-0.4, -0.2) is 15.9 Å². The van der Waals surface area contributed by atoms with Crippen LogP contribution in [0.5, 0.6) is 0 Å². The summed E-state index contributed by atoms with van der Waals surface area (Å²) in [4.78, 5) is 19.9. The maximum absolute atomic E-state index is 11.6. The average Bonchev–Trinajstić information content (AvgIpc) is 3.20. The molecule has 1 aliphatic rings.